The topological polar surface area (TPSA) is 174 Å². The van der Waals surface area contributed by atoms with E-state index in [1.165, 1.54) is 18.2 Å². The minimum absolute atomic E-state index is 0.0648. The van der Waals surface area contributed by atoms with E-state index >= 15 is 0 Å². The van der Waals surface area contributed by atoms with Gasteiger partial charge in [0.2, 0.25) is 5.91 Å². The summed E-state index contributed by atoms with van der Waals surface area (Å²) in [4.78, 5) is 55.3. The standard InChI is InChI=1S/C37H35F5N4O2S.C4H6O6/c1-2-44-20-18-27(19-21-44)45(22-24-10-12-25(13-11-24)31-15-16-32(49-31)37(40,41)42)34(47)23-46-30-9-4-3-7-28(30)36(48)43-33(46)17-14-26-6-5-8-29(38)35(26)39;5-1(3(7)8)2(6)4(9)10/h3-13,15-16,27H,2,14,17-23H2,1H3;1-2,5-6H,(H,7,8)(H,9,10)/t;1-,2-/m.1/s1. The van der Waals surface area contributed by atoms with E-state index in [0.717, 1.165) is 50.2 Å². The molecule has 0 radical (unpaired) electrons. The van der Waals surface area contributed by atoms with Gasteiger partial charge in [0, 0.05) is 37.0 Å². The third kappa shape index (κ3) is 11.1. The minimum atomic E-state index is -4.40. The zero-order valence-corrected chi connectivity index (χ0v) is 32.4. The first kappa shape index (κ1) is 44.5. The highest BCUT2D eigenvalue weighted by atomic mass is 32.1. The number of benzene rings is 3. The number of aliphatic hydroxyl groups excluding tert-OH is 2. The Kier molecular flexibility index (Phi) is 14.7. The van der Waals surface area contributed by atoms with Gasteiger partial charge >= 0.3 is 18.1 Å². The van der Waals surface area contributed by atoms with Crippen molar-refractivity contribution in [3.05, 3.63) is 123 Å². The SMILES string of the molecule is CCN1CCC(N(Cc2ccc(-c3ccc(C(F)(F)F)s3)cc2)C(=O)Cn2c(CCc3cccc(F)c3F)nc(=O)c3ccccc32)CC1.O=C(O)[C@H](O)[C@@H](O)C(=O)O. The summed E-state index contributed by atoms with van der Waals surface area (Å²) in [7, 11) is 0. The summed E-state index contributed by atoms with van der Waals surface area (Å²) in [5, 5.41) is 32.9. The Hall–Kier alpha value is -5.56. The number of piperidine rings is 1. The number of thiophene rings is 1. The van der Waals surface area contributed by atoms with Gasteiger partial charge in [0.15, 0.2) is 23.8 Å². The van der Waals surface area contributed by atoms with E-state index in [4.69, 9.17) is 20.4 Å². The van der Waals surface area contributed by atoms with Gasteiger partial charge in [-0.2, -0.15) is 18.2 Å². The fraction of sp³-hybridized carbons (Fsp3) is 0.341. The van der Waals surface area contributed by atoms with Crippen LogP contribution in [-0.2, 0) is 46.5 Å². The molecule has 0 saturated carbocycles. The summed E-state index contributed by atoms with van der Waals surface area (Å²) in [5.41, 5.74) is 1.68. The number of nitrogens with zero attached hydrogens (tertiary/aromatic N) is 4. The molecule has 1 aliphatic rings. The molecular formula is C41H41F5N4O8S. The van der Waals surface area contributed by atoms with Gasteiger partial charge in [-0.05, 0) is 72.8 Å². The first-order chi connectivity index (χ1) is 28.0. The maximum absolute atomic E-state index is 14.5. The number of rotatable bonds is 13. The van der Waals surface area contributed by atoms with Crippen LogP contribution in [0.1, 0.15) is 41.6 Å². The number of carbonyl (C=O) groups excluding carboxylic acids is 1. The third-order valence-corrected chi connectivity index (χ3v) is 11.1. The summed E-state index contributed by atoms with van der Waals surface area (Å²) in [6.45, 7) is 4.82. The van der Waals surface area contributed by atoms with Crippen molar-refractivity contribution in [1.29, 1.82) is 0 Å². The number of halogens is 5. The lowest BCUT2D eigenvalue weighted by molar-refractivity contribution is -0.165. The summed E-state index contributed by atoms with van der Waals surface area (Å²) >= 11 is 0.686. The number of para-hydroxylation sites is 1. The van der Waals surface area contributed by atoms with Crippen molar-refractivity contribution in [2.75, 3.05) is 19.6 Å². The molecule has 1 saturated heterocycles. The van der Waals surface area contributed by atoms with Crippen molar-refractivity contribution in [1.82, 2.24) is 19.4 Å². The molecular weight excluding hydrogens is 804 g/mol. The van der Waals surface area contributed by atoms with E-state index in [2.05, 4.69) is 16.8 Å². The number of carboxylic acid groups (broad SMARTS) is 2. The highest BCUT2D eigenvalue weighted by molar-refractivity contribution is 7.15. The van der Waals surface area contributed by atoms with Crippen LogP contribution in [0.25, 0.3) is 21.3 Å². The number of aliphatic hydroxyl groups is 2. The molecule has 4 N–H and O–H groups in total. The van der Waals surface area contributed by atoms with Crippen molar-refractivity contribution in [3.63, 3.8) is 0 Å². The zero-order chi connectivity index (χ0) is 43.0. The summed E-state index contributed by atoms with van der Waals surface area (Å²) in [6, 6.07) is 20.5. The van der Waals surface area contributed by atoms with E-state index in [-0.39, 0.29) is 43.4 Å². The number of aliphatic carboxylic acids is 2. The second kappa shape index (κ2) is 19.5. The molecule has 6 rings (SSSR count). The van der Waals surface area contributed by atoms with E-state index in [0.29, 0.717) is 38.5 Å². The Labute approximate surface area is 338 Å². The summed E-state index contributed by atoms with van der Waals surface area (Å²) in [6.07, 6.45) is -7.23. The van der Waals surface area contributed by atoms with Gasteiger partial charge in [-0.3, -0.25) is 9.59 Å². The van der Waals surface area contributed by atoms with Crippen molar-refractivity contribution < 1.29 is 56.8 Å². The van der Waals surface area contributed by atoms with E-state index in [1.807, 2.05) is 17.0 Å². The first-order valence-electron chi connectivity index (χ1n) is 18.5. The molecule has 0 aliphatic carbocycles. The van der Waals surface area contributed by atoms with Gasteiger partial charge in [0.1, 0.15) is 17.2 Å². The van der Waals surface area contributed by atoms with Gasteiger partial charge in [-0.1, -0.05) is 55.5 Å². The van der Waals surface area contributed by atoms with E-state index < -0.39 is 52.4 Å². The Bertz CT molecular complexity index is 2310. The molecule has 0 unspecified atom stereocenters. The van der Waals surface area contributed by atoms with Gasteiger partial charge in [0.05, 0.1) is 10.9 Å². The highest BCUT2D eigenvalue weighted by Gasteiger charge is 2.33. The number of amides is 1. The maximum Gasteiger partial charge on any atom is 0.425 e. The Balaban J connectivity index is 0.000000586. The second-order valence-corrected chi connectivity index (χ2v) is 14.8. The summed E-state index contributed by atoms with van der Waals surface area (Å²) < 4.78 is 69.7. The third-order valence-electron chi connectivity index (χ3n) is 9.96. The molecule has 2 atom stereocenters. The van der Waals surface area contributed by atoms with E-state index in [9.17, 15) is 41.1 Å². The average Bonchev–Trinajstić information content (AvgIpc) is 3.73. The Morgan fingerprint density at radius 1 is 0.881 bits per heavy atom. The molecule has 18 heteroatoms. The molecule has 1 amide bonds. The Morgan fingerprint density at radius 2 is 1.53 bits per heavy atom. The Morgan fingerprint density at radius 3 is 2.12 bits per heavy atom. The molecule has 12 nitrogen and oxygen atoms in total. The maximum atomic E-state index is 14.5. The number of carboxylic acids is 2. The number of likely N-dealkylation sites (tertiary alicyclic amines) is 1. The second-order valence-electron chi connectivity index (χ2n) is 13.8. The van der Waals surface area contributed by atoms with Crippen molar-refractivity contribution in [2.45, 2.75) is 70.1 Å². The van der Waals surface area contributed by atoms with E-state index in [1.54, 1.807) is 41.0 Å². The molecule has 2 aromatic heterocycles. The highest BCUT2D eigenvalue weighted by Crippen LogP contribution is 2.38. The van der Waals surface area contributed by atoms with Gasteiger partial charge < -0.3 is 34.8 Å². The largest absolute Gasteiger partial charge is 0.479 e. The number of hydrogen-bond donors (Lipinski definition) is 4. The van der Waals surface area contributed by atoms with Crippen LogP contribution >= 0.6 is 11.3 Å². The lowest BCUT2D eigenvalue weighted by Gasteiger charge is -2.38. The fourth-order valence-electron chi connectivity index (χ4n) is 6.70. The number of aryl methyl sites for hydroxylation is 2. The quantitative estimate of drug-likeness (QED) is 0.109. The number of carbonyl (C=O) groups is 3. The molecule has 3 aromatic carbocycles. The van der Waals surface area contributed by atoms with Crippen LogP contribution in [0.3, 0.4) is 0 Å². The molecule has 5 aromatic rings. The normalized spacial score (nSPS) is 14.6. The van der Waals surface area contributed by atoms with Crippen LogP contribution in [-0.4, -0.2) is 95.5 Å². The van der Waals surface area contributed by atoms with Crippen LogP contribution in [0, 0.1) is 11.6 Å². The molecule has 0 bridgehead atoms. The van der Waals surface area contributed by atoms with Crippen molar-refractivity contribution >= 4 is 40.1 Å². The predicted octanol–water partition coefficient (Wildman–Crippen LogP) is 5.60. The number of aromatic nitrogens is 2. The number of fused-ring (bicyclic) bond motifs is 1. The zero-order valence-electron chi connectivity index (χ0n) is 31.6. The molecule has 3 heterocycles. The monoisotopic (exact) mass is 844 g/mol. The number of hydrogen-bond acceptors (Lipinski definition) is 9. The first-order valence-corrected chi connectivity index (χ1v) is 19.3. The molecule has 1 fully saturated rings. The molecule has 59 heavy (non-hydrogen) atoms. The molecule has 0 spiro atoms. The van der Waals surface area contributed by atoms with Crippen LogP contribution in [0.15, 0.2) is 83.7 Å². The summed E-state index contributed by atoms with van der Waals surface area (Å²) in [5.74, 6) is -5.36. The van der Waals surface area contributed by atoms with Gasteiger partial charge in [-0.25, -0.2) is 18.4 Å². The van der Waals surface area contributed by atoms with Crippen LogP contribution in [0.5, 0.6) is 0 Å². The lowest BCUT2D eigenvalue weighted by Crippen LogP contribution is -2.48. The predicted molar refractivity (Wildman–Crippen MR) is 207 cm³/mol. The molecule has 1 aliphatic heterocycles. The molecule has 314 valence electrons. The minimum Gasteiger partial charge on any atom is -0.479 e. The van der Waals surface area contributed by atoms with Crippen LogP contribution in [0.4, 0.5) is 22.0 Å². The van der Waals surface area contributed by atoms with Crippen LogP contribution in [0.2, 0.25) is 0 Å². The van der Waals surface area contributed by atoms with Crippen LogP contribution < -0.4 is 5.56 Å². The lowest BCUT2D eigenvalue weighted by atomic mass is 10.0. The number of alkyl halides is 3. The van der Waals surface area contributed by atoms with Gasteiger partial charge in [0.25, 0.3) is 5.56 Å². The smallest absolute Gasteiger partial charge is 0.425 e. The fourth-order valence-corrected chi connectivity index (χ4v) is 7.58. The van der Waals surface area contributed by atoms with Gasteiger partial charge in [-0.15, -0.1) is 11.3 Å². The van der Waals surface area contributed by atoms with Crippen molar-refractivity contribution in [2.24, 2.45) is 0 Å². The average molecular weight is 845 g/mol. The van der Waals surface area contributed by atoms with Crippen molar-refractivity contribution in [3.8, 4) is 10.4 Å².